The van der Waals surface area contributed by atoms with Gasteiger partial charge >= 0.3 is 0 Å². The van der Waals surface area contributed by atoms with Crippen LogP contribution in [0.2, 0.25) is 0 Å². The fraction of sp³-hybridized carbons (Fsp3) is 0.429. The number of nitrogens with zero attached hydrogens (tertiary/aromatic N) is 6. The van der Waals surface area contributed by atoms with Crippen molar-refractivity contribution in [2.24, 2.45) is 0 Å². The van der Waals surface area contributed by atoms with Gasteiger partial charge < -0.3 is 9.13 Å². The maximum Gasteiger partial charge on any atom is 0.122 e. The third kappa shape index (κ3) is 2.77. The molecule has 4 aliphatic rings. The molecule has 2 saturated carbocycles. The topological polar surface area (TPSA) is 61.4 Å². The van der Waals surface area contributed by atoms with Crippen molar-refractivity contribution in [1.82, 2.24) is 29.1 Å². The smallest absolute Gasteiger partial charge is 0.122 e. The second-order valence-electron chi connectivity index (χ2n) is 11.1. The van der Waals surface area contributed by atoms with E-state index in [1.54, 1.807) is 0 Å². The summed E-state index contributed by atoms with van der Waals surface area (Å²) >= 11 is 7.82. The number of hydrogen-bond acceptors (Lipinski definition) is 4. The van der Waals surface area contributed by atoms with Gasteiger partial charge in [0.15, 0.2) is 0 Å². The summed E-state index contributed by atoms with van der Waals surface area (Å²) in [5, 5.41) is 0. The van der Waals surface area contributed by atoms with Crippen molar-refractivity contribution in [1.29, 1.82) is 0 Å². The number of pyridine rings is 2. The van der Waals surface area contributed by atoms with Crippen molar-refractivity contribution in [3.8, 4) is 22.8 Å². The van der Waals surface area contributed by atoms with Crippen LogP contribution in [0.1, 0.15) is 85.1 Å². The second kappa shape index (κ2) is 7.38. The minimum Gasteiger partial charge on any atom is -0.319 e. The average molecular weight is 606 g/mol. The summed E-state index contributed by atoms with van der Waals surface area (Å²) < 4.78 is 7.00. The zero-order chi connectivity index (χ0) is 24.3. The SMILES string of the molecule is Cc1cc([C@@]23CC[C@@H](C2)n2c3nc(-c3cccc(C)n3)c2Br)cc(-c2nc3n(c2Br)[C@@H]2CC[C@H]3C2)n1. The maximum absolute atomic E-state index is 5.26. The van der Waals surface area contributed by atoms with E-state index in [0.717, 1.165) is 68.5 Å². The lowest BCUT2D eigenvalue weighted by molar-refractivity contribution is 0.489. The van der Waals surface area contributed by atoms with Crippen LogP contribution < -0.4 is 0 Å². The molecule has 8 heteroatoms. The van der Waals surface area contributed by atoms with Crippen LogP contribution in [0, 0.1) is 13.8 Å². The monoisotopic (exact) mass is 604 g/mol. The third-order valence-electron chi connectivity index (χ3n) is 9.03. The lowest BCUT2D eigenvalue weighted by Gasteiger charge is -2.27. The van der Waals surface area contributed by atoms with Gasteiger partial charge in [-0.05, 0) is 114 Å². The van der Waals surface area contributed by atoms with Gasteiger partial charge in [0, 0.05) is 29.4 Å². The van der Waals surface area contributed by atoms with Crippen LogP contribution in [0.5, 0.6) is 0 Å². The normalized spacial score (nSPS) is 27.2. The van der Waals surface area contributed by atoms with Crippen LogP contribution in [-0.2, 0) is 5.41 Å². The molecule has 4 bridgehead atoms. The van der Waals surface area contributed by atoms with Crippen LogP contribution >= 0.6 is 31.9 Å². The first-order chi connectivity index (χ1) is 17.4. The number of imidazole rings is 2. The number of aromatic nitrogens is 6. The molecule has 2 aliphatic heterocycles. The minimum atomic E-state index is -0.105. The fourth-order valence-corrected chi connectivity index (χ4v) is 8.99. The molecule has 0 aromatic carbocycles. The highest BCUT2D eigenvalue weighted by Crippen LogP contribution is 2.59. The average Bonchev–Trinajstić information content (AvgIpc) is 3.68. The van der Waals surface area contributed by atoms with E-state index in [9.17, 15) is 0 Å². The molecular weight excluding hydrogens is 580 g/mol. The van der Waals surface area contributed by atoms with Gasteiger partial charge in [-0.2, -0.15) is 0 Å². The van der Waals surface area contributed by atoms with Gasteiger partial charge in [-0.3, -0.25) is 9.97 Å². The molecule has 0 amide bonds. The van der Waals surface area contributed by atoms with E-state index in [2.05, 4.69) is 72.2 Å². The molecule has 4 atom stereocenters. The summed E-state index contributed by atoms with van der Waals surface area (Å²) in [6.07, 6.45) is 7.12. The molecule has 0 spiro atoms. The summed E-state index contributed by atoms with van der Waals surface area (Å²) in [7, 11) is 0. The van der Waals surface area contributed by atoms with E-state index in [4.69, 9.17) is 19.9 Å². The molecule has 0 N–H and O–H groups in total. The van der Waals surface area contributed by atoms with Gasteiger partial charge in [0.25, 0.3) is 0 Å². The highest BCUT2D eigenvalue weighted by atomic mass is 79.9. The van der Waals surface area contributed by atoms with E-state index >= 15 is 0 Å². The lowest BCUT2D eigenvalue weighted by atomic mass is 9.78. The molecule has 8 rings (SSSR count). The predicted molar refractivity (Wildman–Crippen MR) is 145 cm³/mol. The molecule has 0 unspecified atom stereocenters. The molecule has 4 aromatic heterocycles. The van der Waals surface area contributed by atoms with Crippen LogP contribution in [0.4, 0.5) is 0 Å². The van der Waals surface area contributed by atoms with Crippen molar-refractivity contribution in [2.75, 3.05) is 0 Å². The first-order valence-corrected chi connectivity index (χ1v) is 14.5. The van der Waals surface area contributed by atoms with Gasteiger partial charge in [-0.25, -0.2) is 9.97 Å². The number of rotatable bonds is 3. The first-order valence-electron chi connectivity index (χ1n) is 12.9. The summed E-state index contributed by atoms with van der Waals surface area (Å²) in [5.74, 6) is 3.00. The standard InChI is InChI=1S/C28H26Br2N6/c1-14-4-3-5-20(31-14)22-25(30)36-19-8-9-28(13-19,27(36)34-22)17-10-15(2)32-21(12-17)23-24(29)35-18-7-6-16(11-18)26(35)33-23/h3-5,10,12,16,18-19H,6-9,11,13H2,1-2H3/t16-,18+,19-,28+/m0/s1. The summed E-state index contributed by atoms with van der Waals surface area (Å²) in [6, 6.07) is 11.8. The molecule has 0 radical (unpaired) electrons. The van der Waals surface area contributed by atoms with Crippen molar-refractivity contribution in [3.05, 3.63) is 68.1 Å². The van der Waals surface area contributed by atoms with Gasteiger partial charge in [0.2, 0.25) is 0 Å². The van der Waals surface area contributed by atoms with Crippen molar-refractivity contribution < 1.29 is 0 Å². The zero-order valence-electron chi connectivity index (χ0n) is 20.3. The van der Waals surface area contributed by atoms with Crippen LogP contribution in [0.25, 0.3) is 22.8 Å². The van der Waals surface area contributed by atoms with Gasteiger partial charge in [-0.1, -0.05) is 6.07 Å². The minimum absolute atomic E-state index is 0.105. The Balaban J connectivity index is 1.27. The van der Waals surface area contributed by atoms with Gasteiger partial charge in [-0.15, -0.1) is 0 Å². The molecule has 6 nitrogen and oxygen atoms in total. The summed E-state index contributed by atoms with van der Waals surface area (Å²) in [5.41, 5.74) is 7.08. The van der Waals surface area contributed by atoms with E-state index < -0.39 is 0 Å². The predicted octanol–water partition coefficient (Wildman–Crippen LogP) is 7.19. The van der Waals surface area contributed by atoms with Crippen molar-refractivity contribution in [2.45, 2.75) is 75.8 Å². The molecule has 36 heavy (non-hydrogen) atoms. The fourth-order valence-electron chi connectivity index (χ4n) is 7.48. The lowest BCUT2D eigenvalue weighted by Crippen LogP contribution is -2.25. The molecule has 6 heterocycles. The third-order valence-corrected chi connectivity index (χ3v) is 10.5. The Bertz CT molecular complexity index is 1590. The first kappa shape index (κ1) is 21.7. The van der Waals surface area contributed by atoms with E-state index in [-0.39, 0.29) is 5.41 Å². The summed E-state index contributed by atoms with van der Waals surface area (Å²) in [4.78, 5) is 20.1. The molecule has 4 aromatic rings. The molecule has 182 valence electrons. The number of hydrogen-bond donors (Lipinski definition) is 0. The number of aryl methyl sites for hydroxylation is 2. The molecule has 0 saturated heterocycles. The second-order valence-corrected chi connectivity index (χ2v) is 12.6. The Hall–Kier alpha value is -2.32. The molecule has 2 fully saturated rings. The van der Waals surface area contributed by atoms with Gasteiger partial charge in [0.05, 0.1) is 16.8 Å². The van der Waals surface area contributed by atoms with E-state index in [0.29, 0.717) is 18.0 Å². The van der Waals surface area contributed by atoms with Crippen molar-refractivity contribution >= 4 is 31.9 Å². The molecule has 2 aliphatic carbocycles. The Morgan fingerprint density at radius 3 is 2.47 bits per heavy atom. The van der Waals surface area contributed by atoms with Crippen LogP contribution in [0.3, 0.4) is 0 Å². The molecular formula is C28H26Br2N6. The Morgan fingerprint density at radius 2 is 1.64 bits per heavy atom. The van der Waals surface area contributed by atoms with Crippen molar-refractivity contribution in [3.63, 3.8) is 0 Å². The Labute approximate surface area is 226 Å². The Kier molecular flexibility index (Phi) is 4.45. The van der Waals surface area contributed by atoms with Crippen LogP contribution in [0.15, 0.2) is 39.5 Å². The summed E-state index contributed by atoms with van der Waals surface area (Å²) in [6.45, 7) is 4.14. The highest BCUT2D eigenvalue weighted by molar-refractivity contribution is 9.10. The van der Waals surface area contributed by atoms with Crippen LogP contribution in [-0.4, -0.2) is 29.1 Å². The quantitative estimate of drug-likeness (QED) is 0.248. The highest BCUT2D eigenvalue weighted by Gasteiger charge is 2.53. The van der Waals surface area contributed by atoms with Gasteiger partial charge in [0.1, 0.15) is 32.2 Å². The largest absolute Gasteiger partial charge is 0.319 e. The number of halogens is 2. The maximum atomic E-state index is 5.26. The Morgan fingerprint density at radius 1 is 0.833 bits per heavy atom. The van der Waals surface area contributed by atoms with E-state index in [1.807, 2.05) is 13.0 Å². The van der Waals surface area contributed by atoms with E-state index in [1.165, 1.54) is 30.7 Å². The zero-order valence-corrected chi connectivity index (χ0v) is 23.5. The number of fused-ring (bicyclic) bond motifs is 10.